The molecule has 35 heavy (non-hydrogen) atoms. The van der Waals surface area contributed by atoms with Gasteiger partial charge in [-0.3, -0.25) is 14.9 Å². The van der Waals surface area contributed by atoms with Gasteiger partial charge >= 0.3 is 5.97 Å². The van der Waals surface area contributed by atoms with Gasteiger partial charge in [0.25, 0.3) is 0 Å². The van der Waals surface area contributed by atoms with Gasteiger partial charge in [-0.2, -0.15) is 0 Å². The number of amides is 1. The van der Waals surface area contributed by atoms with Crippen molar-refractivity contribution < 1.29 is 28.9 Å². The summed E-state index contributed by atoms with van der Waals surface area (Å²) in [6, 6.07) is 2.72. The zero-order chi connectivity index (χ0) is 25.3. The molecule has 1 saturated heterocycles. The van der Waals surface area contributed by atoms with E-state index in [1.54, 1.807) is 33.9 Å². The predicted molar refractivity (Wildman–Crippen MR) is 128 cm³/mol. The number of benzene rings is 1. The second kappa shape index (κ2) is 8.08. The number of piperidine rings is 1. The number of likely N-dealkylation sites (tertiary alicyclic amines) is 1. The normalized spacial score (nSPS) is 34.0. The van der Waals surface area contributed by atoms with Crippen molar-refractivity contribution in [2.24, 2.45) is 5.73 Å². The number of nitrogens with zero attached hydrogens (tertiary/aromatic N) is 1. The molecule has 4 aliphatic rings. The Balaban J connectivity index is 1.56. The van der Waals surface area contributed by atoms with Crippen LogP contribution in [-0.4, -0.2) is 78.0 Å². The SMILES string of the molecule is CO[C@@]12CC[C@H](N[C@@H](CC(N)=O)C(=O)OC(C)(C)C)[C@@H]3Oc4c(O)ccc5c4[C@@]31CCN(C)[C@@H]2C5. The minimum Gasteiger partial charge on any atom is -0.504 e. The average molecular weight is 488 g/mol. The molecule has 9 heteroatoms. The number of hydrogen-bond donors (Lipinski definition) is 3. The van der Waals surface area contributed by atoms with Crippen LogP contribution in [-0.2, 0) is 30.9 Å². The lowest BCUT2D eigenvalue weighted by molar-refractivity contribution is -0.204. The molecule has 4 N–H and O–H groups in total. The van der Waals surface area contributed by atoms with Gasteiger partial charge in [-0.15, -0.1) is 0 Å². The molecule has 0 unspecified atom stereocenters. The number of ether oxygens (including phenoxy) is 3. The molecule has 6 atom stereocenters. The van der Waals surface area contributed by atoms with E-state index in [4.69, 9.17) is 19.9 Å². The van der Waals surface area contributed by atoms with Crippen molar-refractivity contribution in [1.29, 1.82) is 0 Å². The number of rotatable bonds is 6. The summed E-state index contributed by atoms with van der Waals surface area (Å²) in [6.45, 7) is 6.25. The standard InChI is InChI=1S/C26H37N3O6/c1-24(2,3)35-23(32)16(13-19(27)31)28-15-8-9-26(33-5)18-12-14-6-7-17(30)21-20(14)25(26,22(15)34-21)10-11-29(18)4/h6-7,15-16,18,22,28,30H,8-13H2,1-5H3,(H2,27,31)/t15-,16-,18+,22-,25-,26+/m0/s1. The van der Waals surface area contributed by atoms with Crippen LogP contribution < -0.4 is 15.8 Å². The summed E-state index contributed by atoms with van der Waals surface area (Å²) in [6.07, 6.45) is 2.50. The minimum absolute atomic E-state index is 0.120. The van der Waals surface area contributed by atoms with Crippen LogP contribution in [0.4, 0.5) is 0 Å². The van der Waals surface area contributed by atoms with Crippen LogP contribution in [0.5, 0.6) is 11.5 Å². The first kappa shape index (κ1) is 24.3. The van der Waals surface area contributed by atoms with Gasteiger partial charge in [0.05, 0.1) is 17.4 Å². The first-order chi connectivity index (χ1) is 16.4. The summed E-state index contributed by atoms with van der Waals surface area (Å²) >= 11 is 0. The Hall–Kier alpha value is -2.36. The number of phenolic OH excluding ortho intramolecular Hbond substituents is 1. The van der Waals surface area contributed by atoms with Crippen molar-refractivity contribution in [2.75, 3.05) is 20.7 Å². The topological polar surface area (TPSA) is 123 Å². The summed E-state index contributed by atoms with van der Waals surface area (Å²) in [7, 11) is 3.92. The predicted octanol–water partition coefficient (Wildman–Crippen LogP) is 1.37. The van der Waals surface area contributed by atoms with Gasteiger partial charge in [0.2, 0.25) is 5.91 Å². The van der Waals surface area contributed by atoms with E-state index in [9.17, 15) is 14.7 Å². The number of nitrogens with two attached hydrogens (primary N) is 1. The van der Waals surface area contributed by atoms with Crippen molar-refractivity contribution in [3.05, 3.63) is 23.3 Å². The van der Waals surface area contributed by atoms with Crippen molar-refractivity contribution in [2.45, 2.75) is 93.7 Å². The smallest absolute Gasteiger partial charge is 0.324 e. The molecule has 2 fully saturated rings. The van der Waals surface area contributed by atoms with Gasteiger partial charge < -0.3 is 30.0 Å². The molecular weight excluding hydrogens is 450 g/mol. The molecule has 1 aromatic rings. The van der Waals surface area contributed by atoms with Gasteiger partial charge in [0, 0.05) is 24.8 Å². The Morgan fingerprint density at radius 3 is 2.74 bits per heavy atom. The molecule has 9 nitrogen and oxygen atoms in total. The number of methoxy groups -OCH3 is 1. The number of phenols is 1. The zero-order valence-electron chi connectivity index (χ0n) is 21.2. The van der Waals surface area contributed by atoms with E-state index in [0.29, 0.717) is 12.2 Å². The highest BCUT2D eigenvalue weighted by molar-refractivity contribution is 5.84. The molecule has 2 bridgehead atoms. The van der Waals surface area contributed by atoms with Crippen LogP contribution in [0.2, 0.25) is 0 Å². The quantitative estimate of drug-likeness (QED) is 0.514. The second-order valence-corrected chi connectivity index (χ2v) is 11.6. The number of carbonyl (C=O) groups excluding carboxylic acids is 2. The fraction of sp³-hybridized carbons (Fsp3) is 0.692. The monoisotopic (exact) mass is 487 g/mol. The highest BCUT2D eigenvalue weighted by atomic mass is 16.6. The third-order valence-corrected chi connectivity index (χ3v) is 8.57. The summed E-state index contributed by atoms with van der Waals surface area (Å²) in [5, 5.41) is 14.2. The summed E-state index contributed by atoms with van der Waals surface area (Å²) in [4.78, 5) is 27.3. The molecule has 1 aromatic carbocycles. The van der Waals surface area contributed by atoms with E-state index in [1.165, 1.54) is 5.56 Å². The highest BCUT2D eigenvalue weighted by Crippen LogP contribution is 2.66. The Morgan fingerprint density at radius 1 is 1.34 bits per heavy atom. The second-order valence-electron chi connectivity index (χ2n) is 11.6. The first-order valence-corrected chi connectivity index (χ1v) is 12.5. The number of aromatic hydroxyl groups is 1. The van der Waals surface area contributed by atoms with E-state index in [1.807, 2.05) is 6.07 Å². The molecule has 2 aliphatic heterocycles. The molecule has 2 aliphatic carbocycles. The van der Waals surface area contributed by atoms with E-state index in [0.717, 1.165) is 31.4 Å². The zero-order valence-corrected chi connectivity index (χ0v) is 21.2. The third kappa shape index (κ3) is 3.46. The van der Waals surface area contributed by atoms with Crippen LogP contribution in [0.3, 0.4) is 0 Å². The maximum atomic E-state index is 13.0. The Kier molecular flexibility index (Phi) is 5.62. The molecule has 0 radical (unpaired) electrons. The molecular formula is C26H37N3O6. The number of carbonyl (C=O) groups is 2. The third-order valence-electron chi connectivity index (χ3n) is 8.57. The van der Waals surface area contributed by atoms with Gasteiger partial charge in [0.15, 0.2) is 11.5 Å². The fourth-order valence-electron chi connectivity index (χ4n) is 7.35. The van der Waals surface area contributed by atoms with Crippen LogP contribution in [0.1, 0.15) is 57.6 Å². The van der Waals surface area contributed by atoms with Crippen molar-refractivity contribution in [1.82, 2.24) is 10.2 Å². The Bertz CT molecular complexity index is 1050. The lowest BCUT2D eigenvalue weighted by Gasteiger charge is -2.65. The lowest BCUT2D eigenvalue weighted by atomic mass is 9.48. The number of nitrogens with one attached hydrogen (secondary N) is 1. The largest absolute Gasteiger partial charge is 0.504 e. The molecule has 5 rings (SSSR count). The van der Waals surface area contributed by atoms with Crippen molar-refractivity contribution >= 4 is 11.9 Å². The van der Waals surface area contributed by atoms with Crippen LogP contribution >= 0.6 is 0 Å². The highest BCUT2D eigenvalue weighted by Gasteiger charge is 2.73. The maximum absolute atomic E-state index is 13.0. The number of esters is 1. The molecule has 1 spiro atoms. The Labute approximate surface area is 206 Å². The van der Waals surface area contributed by atoms with Gasteiger partial charge in [-0.05, 0) is 71.7 Å². The van der Waals surface area contributed by atoms with E-state index in [2.05, 4.69) is 17.3 Å². The number of hydrogen-bond acceptors (Lipinski definition) is 8. The molecule has 192 valence electrons. The van der Waals surface area contributed by atoms with Crippen LogP contribution in [0.25, 0.3) is 0 Å². The van der Waals surface area contributed by atoms with Gasteiger partial charge in [-0.1, -0.05) is 6.07 Å². The minimum atomic E-state index is -0.894. The number of primary amides is 1. The molecule has 1 saturated carbocycles. The van der Waals surface area contributed by atoms with E-state index in [-0.39, 0.29) is 30.4 Å². The van der Waals surface area contributed by atoms with Crippen LogP contribution in [0.15, 0.2) is 12.1 Å². The van der Waals surface area contributed by atoms with E-state index < -0.39 is 34.5 Å². The van der Waals surface area contributed by atoms with Crippen molar-refractivity contribution in [3.8, 4) is 11.5 Å². The summed E-state index contributed by atoms with van der Waals surface area (Å²) in [5.74, 6) is -0.452. The van der Waals surface area contributed by atoms with Gasteiger partial charge in [-0.25, -0.2) is 0 Å². The fourth-order valence-corrected chi connectivity index (χ4v) is 7.35. The van der Waals surface area contributed by atoms with E-state index >= 15 is 0 Å². The first-order valence-electron chi connectivity index (χ1n) is 12.5. The Morgan fingerprint density at radius 2 is 2.09 bits per heavy atom. The maximum Gasteiger partial charge on any atom is 0.324 e. The molecule has 0 aromatic heterocycles. The lowest BCUT2D eigenvalue weighted by Crippen LogP contribution is -2.78. The average Bonchev–Trinajstić information content (AvgIpc) is 3.13. The summed E-state index contributed by atoms with van der Waals surface area (Å²) < 4.78 is 18.6. The molecule has 1 amide bonds. The number of likely N-dealkylation sites (N-methyl/N-ethyl adjacent to an activating group) is 1. The van der Waals surface area contributed by atoms with Crippen LogP contribution in [0, 0.1) is 0 Å². The van der Waals surface area contributed by atoms with Gasteiger partial charge in [0.1, 0.15) is 17.7 Å². The summed E-state index contributed by atoms with van der Waals surface area (Å²) in [5.41, 5.74) is 6.06. The van der Waals surface area contributed by atoms with Crippen molar-refractivity contribution in [3.63, 3.8) is 0 Å². The molecule has 2 heterocycles.